The lowest BCUT2D eigenvalue weighted by molar-refractivity contribution is 0.0713. The average Bonchev–Trinajstić information content (AvgIpc) is 2.79. The summed E-state index contributed by atoms with van der Waals surface area (Å²) < 4.78 is 5.43. The number of amides is 1. The maximum absolute atomic E-state index is 12.7. The molecule has 1 saturated carbocycles. The predicted molar refractivity (Wildman–Crippen MR) is 120 cm³/mol. The number of hydrogen-bond donors (Lipinski definition) is 3. The molecule has 8 nitrogen and oxygen atoms in total. The number of hydrogen-bond acceptors (Lipinski definition) is 7. The van der Waals surface area contributed by atoms with Crippen molar-refractivity contribution < 1.29 is 14.6 Å². The van der Waals surface area contributed by atoms with Crippen molar-refractivity contribution in [3.8, 4) is 5.75 Å². The van der Waals surface area contributed by atoms with Gasteiger partial charge in [-0.3, -0.25) is 14.8 Å². The van der Waals surface area contributed by atoms with Crippen molar-refractivity contribution in [2.24, 2.45) is 10.7 Å². The fourth-order valence-electron chi connectivity index (χ4n) is 3.71. The van der Waals surface area contributed by atoms with Crippen molar-refractivity contribution in [2.75, 3.05) is 14.2 Å². The fourth-order valence-corrected chi connectivity index (χ4v) is 3.71. The number of allylic oxidation sites excluding steroid dienone is 1. The Bertz CT molecular complexity index is 956. The summed E-state index contributed by atoms with van der Waals surface area (Å²) in [5, 5.41) is 13.0. The minimum atomic E-state index is -0.509. The second-order valence-electron chi connectivity index (χ2n) is 7.55. The van der Waals surface area contributed by atoms with Gasteiger partial charge in [-0.2, -0.15) is 0 Å². The van der Waals surface area contributed by atoms with Crippen LogP contribution in [-0.2, 0) is 6.42 Å². The summed E-state index contributed by atoms with van der Waals surface area (Å²) in [6.07, 6.45) is 9.92. The Kier molecular flexibility index (Phi) is 7.72. The van der Waals surface area contributed by atoms with Crippen molar-refractivity contribution >= 4 is 17.7 Å². The molecule has 0 spiro atoms. The van der Waals surface area contributed by atoms with Crippen LogP contribution in [0.2, 0.25) is 0 Å². The van der Waals surface area contributed by atoms with E-state index in [9.17, 15) is 9.90 Å². The van der Waals surface area contributed by atoms with E-state index in [-0.39, 0.29) is 11.9 Å². The average molecular weight is 424 g/mol. The van der Waals surface area contributed by atoms with Crippen molar-refractivity contribution in [1.82, 2.24) is 15.3 Å². The third-order valence-corrected chi connectivity index (χ3v) is 5.41. The van der Waals surface area contributed by atoms with Gasteiger partial charge in [-0.05, 0) is 30.5 Å². The van der Waals surface area contributed by atoms with E-state index < -0.39 is 6.10 Å². The number of carbonyl (C=O) groups excluding carboxylic acids is 1. The molecule has 2 aromatic heterocycles. The Morgan fingerprint density at radius 2 is 2.06 bits per heavy atom. The van der Waals surface area contributed by atoms with Crippen LogP contribution >= 0.6 is 0 Å². The number of nitrogens with zero attached hydrogens (tertiary/aromatic N) is 3. The summed E-state index contributed by atoms with van der Waals surface area (Å²) in [6, 6.07) is 5.32. The van der Waals surface area contributed by atoms with Crippen molar-refractivity contribution in [3.63, 3.8) is 0 Å². The van der Waals surface area contributed by atoms with E-state index in [0.717, 1.165) is 41.7 Å². The van der Waals surface area contributed by atoms with Gasteiger partial charge in [-0.25, -0.2) is 4.98 Å². The summed E-state index contributed by atoms with van der Waals surface area (Å²) in [5.41, 5.74) is 9.18. The molecule has 1 aliphatic rings. The highest BCUT2D eigenvalue weighted by Gasteiger charge is 2.25. The highest BCUT2D eigenvalue weighted by molar-refractivity contribution is 6.08. The Labute approximate surface area is 182 Å². The molecule has 2 aromatic rings. The molecule has 0 aromatic carbocycles. The second-order valence-corrected chi connectivity index (χ2v) is 7.55. The van der Waals surface area contributed by atoms with E-state index in [1.165, 1.54) is 6.20 Å². The van der Waals surface area contributed by atoms with E-state index in [1.54, 1.807) is 38.8 Å². The smallest absolute Gasteiger partial charge is 0.270 e. The van der Waals surface area contributed by atoms with E-state index in [0.29, 0.717) is 24.3 Å². The lowest BCUT2D eigenvalue weighted by Crippen LogP contribution is -2.45. The summed E-state index contributed by atoms with van der Waals surface area (Å²) in [6.45, 7) is 0. The first-order valence-electron chi connectivity index (χ1n) is 10.4. The molecule has 8 heteroatoms. The van der Waals surface area contributed by atoms with E-state index in [1.807, 2.05) is 12.1 Å². The minimum Gasteiger partial charge on any atom is -0.495 e. The van der Waals surface area contributed by atoms with Crippen LogP contribution in [0.15, 0.2) is 41.8 Å². The van der Waals surface area contributed by atoms with Crippen LogP contribution in [0, 0.1) is 0 Å². The maximum Gasteiger partial charge on any atom is 0.270 e. The topological polar surface area (TPSA) is 123 Å². The summed E-state index contributed by atoms with van der Waals surface area (Å²) in [4.78, 5) is 25.4. The Morgan fingerprint density at radius 3 is 2.71 bits per heavy atom. The molecule has 4 N–H and O–H groups in total. The molecule has 2 heterocycles. The first-order chi connectivity index (χ1) is 15.0. The Morgan fingerprint density at radius 1 is 1.29 bits per heavy atom. The molecule has 0 aliphatic heterocycles. The molecular weight excluding hydrogens is 394 g/mol. The minimum absolute atomic E-state index is 0.234. The van der Waals surface area contributed by atoms with Crippen LogP contribution in [-0.4, -0.2) is 53.5 Å². The van der Waals surface area contributed by atoms with Gasteiger partial charge in [0.1, 0.15) is 11.4 Å². The fraction of sp³-hybridized carbons (Fsp3) is 0.391. The van der Waals surface area contributed by atoms with Gasteiger partial charge in [-0.15, -0.1) is 0 Å². The zero-order chi connectivity index (χ0) is 22.2. The molecule has 2 atom stereocenters. The number of ether oxygens (including phenoxy) is 1. The number of methoxy groups -OCH3 is 1. The number of pyridine rings is 2. The SMILES string of the molecule is CN=CC(=CN)c1ccc(Cc2cc(C(=O)N[C@H]3CCCC[C@@H]3O)ncc2OC)cn1. The van der Waals surface area contributed by atoms with E-state index in [2.05, 4.69) is 20.3 Å². The lowest BCUT2D eigenvalue weighted by atomic mass is 9.92. The van der Waals surface area contributed by atoms with Crippen LogP contribution in [0.1, 0.15) is 53.0 Å². The van der Waals surface area contributed by atoms with Crippen LogP contribution in [0.5, 0.6) is 5.75 Å². The second kappa shape index (κ2) is 10.7. The van der Waals surface area contributed by atoms with Crippen molar-refractivity contribution in [3.05, 3.63) is 59.3 Å². The van der Waals surface area contributed by atoms with E-state index >= 15 is 0 Å². The standard InChI is InChI=1S/C23H29N5O3/c1-25-13-17(11-24)18-8-7-15(12-26-18)9-16-10-20(27-14-22(16)31-2)23(30)28-19-5-3-4-6-21(19)29/h7-8,10-14,19,21,29H,3-6,9,24H2,1-2H3,(H,28,30)/t19-,21-/m0/s1. The molecule has 0 bridgehead atoms. The highest BCUT2D eigenvalue weighted by atomic mass is 16.5. The number of aliphatic imine (C=N–C) groups is 1. The van der Waals surface area contributed by atoms with Gasteiger partial charge in [0.2, 0.25) is 0 Å². The van der Waals surface area contributed by atoms with Gasteiger partial charge >= 0.3 is 0 Å². The molecule has 3 rings (SSSR count). The van der Waals surface area contributed by atoms with Gasteiger partial charge in [0, 0.05) is 43.2 Å². The van der Waals surface area contributed by atoms with Crippen LogP contribution in [0.3, 0.4) is 0 Å². The summed E-state index contributed by atoms with van der Waals surface area (Å²) in [5.74, 6) is 0.305. The van der Waals surface area contributed by atoms with Crippen LogP contribution in [0.25, 0.3) is 5.57 Å². The number of aliphatic hydroxyl groups is 1. The summed E-state index contributed by atoms with van der Waals surface area (Å²) >= 11 is 0. The summed E-state index contributed by atoms with van der Waals surface area (Å²) in [7, 11) is 3.25. The molecule has 1 fully saturated rings. The van der Waals surface area contributed by atoms with Gasteiger partial charge in [0.15, 0.2) is 0 Å². The Hall–Kier alpha value is -3.26. The van der Waals surface area contributed by atoms with Crippen molar-refractivity contribution in [2.45, 2.75) is 44.2 Å². The lowest BCUT2D eigenvalue weighted by Gasteiger charge is -2.28. The number of nitrogens with one attached hydrogen (secondary N) is 1. The maximum atomic E-state index is 12.7. The molecular formula is C23H29N5O3. The zero-order valence-corrected chi connectivity index (χ0v) is 17.9. The first kappa shape index (κ1) is 22.4. The predicted octanol–water partition coefficient (Wildman–Crippen LogP) is 2.11. The monoisotopic (exact) mass is 423 g/mol. The third kappa shape index (κ3) is 5.67. The molecule has 164 valence electrons. The largest absolute Gasteiger partial charge is 0.495 e. The molecule has 0 radical (unpaired) electrons. The molecule has 0 unspecified atom stereocenters. The van der Waals surface area contributed by atoms with E-state index in [4.69, 9.17) is 10.5 Å². The number of carbonyl (C=O) groups is 1. The van der Waals surface area contributed by atoms with Crippen LogP contribution in [0.4, 0.5) is 0 Å². The molecule has 31 heavy (non-hydrogen) atoms. The van der Waals surface area contributed by atoms with Gasteiger partial charge in [-0.1, -0.05) is 18.9 Å². The molecule has 1 amide bonds. The van der Waals surface area contributed by atoms with Crippen molar-refractivity contribution in [1.29, 1.82) is 0 Å². The van der Waals surface area contributed by atoms with Gasteiger partial charge < -0.3 is 20.9 Å². The quantitative estimate of drug-likeness (QED) is 0.586. The number of aromatic nitrogens is 2. The third-order valence-electron chi connectivity index (χ3n) is 5.41. The Balaban J connectivity index is 1.77. The van der Waals surface area contributed by atoms with Gasteiger partial charge in [0.25, 0.3) is 5.91 Å². The normalized spacial score (nSPS) is 19.4. The number of nitrogens with two attached hydrogens (primary N) is 1. The number of rotatable bonds is 7. The first-order valence-corrected chi connectivity index (χ1v) is 10.4. The number of aliphatic hydroxyl groups excluding tert-OH is 1. The highest BCUT2D eigenvalue weighted by Crippen LogP contribution is 2.23. The molecule has 1 aliphatic carbocycles. The van der Waals surface area contributed by atoms with Gasteiger partial charge in [0.05, 0.1) is 31.1 Å². The van der Waals surface area contributed by atoms with Crippen LogP contribution < -0.4 is 15.8 Å². The zero-order valence-electron chi connectivity index (χ0n) is 17.9. The molecule has 0 saturated heterocycles.